The smallest absolute Gasteiger partial charge is 0.253 e. The van der Waals surface area contributed by atoms with Crippen LogP contribution in [0, 0.1) is 12.8 Å². The first-order valence-corrected chi connectivity index (χ1v) is 12.8. The molecule has 6 heteroatoms. The minimum absolute atomic E-state index is 0.0385. The molecule has 184 valence electrons. The second-order valence-corrected chi connectivity index (χ2v) is 9.83. The summed E-state index contributed by atoms with van der Waals surface area (Å²) in [5.41, 5.74) is 3.84. The van der Waals surface area contributed by atoms with Gasteiger partial charge in [-0.2, -0.15) is 0 Å². The summed E-state index contributed by atoms with van der Waals surface area (Å²) in [6, 6.07) is 9.89. The van der Waals surface area contributed by atoms with E-state index in [1.165, 1.54) is 32.1 Å². The predicted molar refractivity (Wildman–Crippen MR) is 135 cm³/mol. The zero-order chi connectivity index (χ0) is 23.9. The second-order valence-electron chi connectivity index (χ2n) is 9.83. The highest BCUT2D eigenvalue weighted by molar-refractivity contribution is 5.95. The van der Waals surface area contributed by atoms with Crippen LogP contribution in [0.1, 0.15) is 78.2 Å². The second kappa shape index (κ2) is 11.7. The van der Waals surface area contributed by atoms with Crippen molar-refractivity contribution in [2.45, 2.75) is 64.3 Å². The number of nitrogens with one attached hydrogen (secondary N) is 1. The van der Waals surface area contributed by atoms with E-state index in [1.54, 1.807) is 14.2 Å². The summed E-state index contributed by atoms with van der Waals surface area (Å²) < 4.78 is 11.0. The minimum Gasteiger partial charge on any atom is -0.497 e. The number of aromatic nitrogens is 1. The lowest BCUT2D eigenvalue weighted by molar-refractivity contribution is 0.0940. The van der Waals surface area contributed by atoms with Crippen molar-refractivity contribution in [3.05, 3.63) is 52.8 Å². The van der Waals surface area contributed by atoms with E-state index in [4.69, 9.17) is 14.5 Å². The van der Waals surface area contributed by atoms with E-state index in [0.717, 1.165) is 73.0 Å². The van der Waals surface area contributed by atoms with Crippen molar-refractivity contribution in [3.63, 3.8) is 0 Å². The molecule has 2 aromatic rings. The lowest BCUT2D eigenvalue weighted by Gasteiger charge is -2.33. The Kier molecular flexibility index (Phi) is 8.44. The highest BCUT2D eigenvalue weighted by Gasteiger charge is 2.27. The Morgan fingerprint density at radius 1 is 1.03 bits per heavy atom. The fourth-order valence-corrected chi connectivity index (χ4v) is 5.41. The van der Waals surface area contributed by atoms with Crippen LogP contribution in [-0.4, -0.2) is 49.6 Å². The standard InChI is InChI=1S/C28H39N3O3/c1-20-9-11-25(28(32)29-18-21-7-5-4-6-8-21)27(30-20)22-13-15-31(16-14-22)19-23-17-24(33-2)10-12-26(23)34-3/h9-12,17,21-22H,4-8,13-16,18-19H2,1-3H3,(H,29,32). The molecule has 0 spiro atoms. The van der Waals surface area contributed by atoms with Gasteiger partial charge in [-0.25, -0.2) is 0 Å². The SMILES string of the molecule is COc1ccc(OC)c(CN2CCC(c3nc(C)ccc3C(=O)NCC3CCCCC3)CC2)c1. The molecule has 2 heterocycles. The van der Waals surface area contributed by atoms with Gasteiger partial charge in [-0.3, -0.25) is 14.7 Å². The monoisotopic (exact) mass is 465 g/mol. The van der Waals surface area contributed by atoms with Crippen LogP contribution >= 0.6 is 0 Å². The Morgan fingerprint density at radius 2 is 1.79 bits per heavy atom. The molecule has 0 bridgehead atoms. The van der Waals surface area contributed by atoms with Gasteiger partial charge in [0.15, 0.2) is 0 Å². The number of carbonyl (C=O) groups excluding carboxylic acids is 1. The van der Waals surface area contributed by atoms with E-state index < -0.39 is 0 Å². The molecule has 1 aromatic heterocycles. The van der Waals surface area contributed by atoms with E-state index in [9.17, 15) is 4.79 Å². The maximum Gasteiger partial charge on any atom is 0.253 e. The number of methoxy groups -OCH3 is 2. The molecule has 0 unspecified atom stereocenters. The van der Waals surface area contributed by atoms with Gasteiger partial charge in [-0.15, -0.1) is 0 Å². The number of piperidine rings is 1. The summed E-state index contributed by atoms with van der Waals surface area (Å²) in [6.45, 7) is 5.54. The molecule has 0 radical (unpaired) electrons. The summed E-state index contributed by atoms with van der Waals surface area (Å²) >= 11 is 0. The summed E-state index contributed by atoms with van der Waals surface area (Å²) in [7, 11) is 3.40. The van der Waals surface area contributed by atoms with Crippen molar-refractivity contribution in [3.8, 4) is 11.5 Å². The van der Waals surface area contributed by atoms with Crippen LogP contribution < -0.4 is 14.8 Å². The molecular weight excluding hydrogens is 426 g/mol. The van der Waals surface area contributed by atoms with Crippen LogP contribution in [0.3, 0.4) is 0 Å². The summed E-state index contributed by atoms with van der Waals surface area (Å²) in [5, 5.41) is 3.22. The maximum atomic E-state index is 13.1. The number of hydrogen-bond donors (Lipinski definition) is 1. The number of benzene rings is 1. The molecule has 1 amide bonds. The first-order chi connectivity index (χ1) is 16.6. The third-order valence-electron chi connectivity index (χ3n) is 7.44. The summed E-state index contributed by atoms with van der Waals surface area (Å²) in [4.78, 5) is 20.4. The molecular formula is C28H39N3O3. The zero-order valence-electron chi connectivity index (χ0n) is 20.9. The normalized spacial score (nSPS) is 18.0. The average molecular weight is 466 g/mol. The van der Waals surface area contributed by atoms with Crippen LogP contribution in [-0.2, 0) is 6.54 Å². The van der Waals surface area contributed by atoms with Crippen molar-refractivity contribution in [1.82, 2.24) is 15.2 Å². The molecule has 4 rings (SSSR count). The Balaban J connectivity index is 1.39. The van der Waals surface area contributed by atoms with Gasteiger partial charge in [0, 0.05) is 30.3 Å². The van der Waals surface area contributed by atoms with Gasteiger partial charge in [0.2, 0.25) is 0 Å². The molecule has 1 N–H and O–H groups in total. The van der Waals surface area contributed by atoms with Crippen LogP contribution in [0.4, 0.5) is 0 Å². The first-order valence-electron chi connectivity index (χ1n) is 12.8. The number of nitrogens with zero attached hydrogens (tertiary/aromatic N) is 2. The van der Waals surface area contributed by atoms with Crippen molar-refractivity contribution >= 4 is 5.91 Å². The number of ether oxygens (including phenoxy) is 2. The molecule has 1 aliphatic heterocycles. The first kappa shape index (κ1) is 24.5. The number of carbonyl (C=O) groups is 1. The Hall–Kier alpha value is -2.60. The van der Waals surface area contributed by atoms with Crippen LogP contribution in [0.5, 0.6) is 11.5 Å². The average Bonchev–Trinajstić information content (AvgIpc) is 2.88. The number of aryl methyl sites for hydroxylation is 1. The number of rotatable bonds is 8. The highest BCUT2D eigenvalue weighted by atomic mass is 16.5. The number of pyridine rings is 1. The lowest BCUT2D eigenvalue weighted by Crippen LogP contribution is -2.35. The van der Waals surface area contributed by atoms with E-state index in [2.05, 4.69) is 16.3 Å². The zero-order valence-corrected chi connectivity index (χ0v) is 20.9. The molecule has 6 nitrogen and oxygen atoms in total. The Bertz CT molecular complexity index is 963. The summed E-state index contributed by atoms with van der Waals surface area (Å²) in [6.07, 6.45) is 8.36. The van der Waals surface area contributed by atoms with E-state index in [-0.39, 0.29) is 5.91 Å². The third-order valence-corrected chi connectivity index (χ3v) is 7.44. The summed E-state index contributed by atoms with van der Waals surface area (Å²) in [5.74, 6) is 2.70. The molecule has 1 aromatic carbocycles. The lowest BCUT2D eigenvalue weighted by atomic mass is 9.88. The van der Waals surface area contributed by atoms with Crippen molar-refractivity contribution in [2.75, 3.05) is 33.9 Å². The van der Waals surface area contributed by atoms with E-state index in [0.29, 0.717) is 11.8 Å². The van der Waals surface area contributed by atoms with Crippen molar-refractivity contribution < 1.29 is 14.3 Å². The van der Waals surface area contributed by atoms with Gasteiger partial charge in [0.05, 0.1) is 25.5 Å². The van der Waals surface area contributed by atoms with Gasteiger partial charge in [0.1, 0.15) is 11.5 Å². The van der Waals surface area contributed by atoms with Crippen molar-refractivity contribution in [2.24, 2.45) is 5.92 Å². The highest BCUT2D eigenvalue weighted by Crippen LogP contribution is 2.32. The minimum atomic E-state index is 0.0385. The Morgan fingerprint density at radius 3 is 2.50 bits per heavy atom. The van der Waals surface area contributed by atoms with Crippen LogP contribution in [0.2, 0.25) is 0 Å². The molecule has 34 heavy (non-hydrogen) atoms. The van der Waals surface area contributed by atoms with Gasteiger partial charge >= 0.3 is 0 Å². The molecule has 1 saturated carbocycles. The number of amides is 1. The predicted octanol–water partition coefficient (Wildman–Crippen LogP) is 5.10. The molecule has 2 fully saturated rings. The van der Waals surface area contributed by atoms with Crippen LogP contribution in [0.15, 0.2) is 30.3 Å². The van der Waals surface area contributed by atoms with Gasteiger partial charge in [-0.05, 0) is 81.9 Å². The molecule has 2 aliphatic rings. The quantitative estimate of drug-likeness (QED) is 0.588. The van der Waals surface area contributed by atoms with Crippen LogP contribution in [0.25, 0.3) is 0 Å². The van der Waals surface area contributed by atoms with Gasteiger partial charge in [-0.1, -0.05) is 19.3 Å². The molecule has 1 saturated heterocycles. The van der Waals surface area contributed by atoms with Crippen molar-refractivity contribution in [1.29, 1.82) is 0 Å². The molecule has 1 aliphatic carbocycles. The fraction of sp³-hybridized carbons (Fsp3) is 0.571. The van der Waals surface area contributed by atoms with E-state index >= 15 is 0 Å². The van der Waals surface area contributed by atoms with E-state index in [1.807, 2.05) is 31.2 Å². The molecule has 0 atom stereocenters. The third kappa shape index (κ3) is 6.09. The van der Waals surface area contributed by atoms with Gasteiger partial charge < -0.3 is 14.8 Å². The number of hydrogen-bond acceptors (Lipinski definition) is 5. The van der Waals surface area contributed by atoms with Gasteiger partial charge in [0.25, 0.3) is 5.91 Å². The Labute approximate surface area is 204 Å². The fourth-order valence-electron chi connectivity index (χ4n) is 5.41. The largest absolute Gasteiger partial charge is 0.497 e. The maximum absolute atomic E-state index is 13.1. The number of likely N-dealkylation sites (tertiary alicyclic amines) is 1. The topological polar surface area (TPSA) is 63.7 Å².